The van der Waals surface area contributed by atoms with Gasteiger partial charge in [0.05, 0.1) is 23.6 Å². The van der Waals surface area contributed by atoms with Gasteiger partial charge in [-0.15, -0.1) is 0 Å². The predicted molar refractivity (Wildman–Crippen MR) is 112 cm³/mol. The number of nitrogens with two attached hydrogens (primary N) is 1. The summed E-state index contributed by atoms with van der Waals surface area (Å²) >= 11 is 0. The first-order chi connectivity index (χ1) is 15.2. The summed E-state index contributed by atoms with van der Waals surface area (Å²) < 4.78 is 40.0. The summed E-state index contributed by atoms with van der Waals surface area (Å²) in [6.07, 6.45) is 3.00. The fourth-order valence-corrected chi connectivity index (χ4v) is 4.38. The van der Waals surface area contributed by atoms with E-state index in [1.165, 1.54) is 37.6 Å². The molecule has 10 heteroatoms. The maximum atomic E-state index is 12.8. The monoisotopic (exact) mass is 446 g/mol. The smallest absolute Gasteiger partial charge is 0.365 e. The van der Waals surface area contributed by atoms with Crippen molar-refractivity contribution in [3.05, 3.63) is 41.6 Å². The SMILES string of the molecule is N#C[C@H]1C[C@H](NC2CCC2)CC[C@@H]1n1cc(C(N)=O)c(Nc2ccc(C(F)(F)F)cc2)n1. The maximum Gasteiger partial charge on any atom is 0.416 e. The topological polar surface area (TPSA) is 109 Å². The van der Waals surface area contributed by atoms with Crippen molar-refractivity contribution in [2.45, 2.75) is 62.8 Å². The molecule has 7 nitrogen and oxygen atoms in total. The van der Waals surface area contributed by atoms with E-state index >= 15 is 0 Å². The van der Waals surface area contributed by atoms with Gasteiger partial charge in [-0.3, -0.25) is 9.48 Å². The number of amides is 1. The number of hydrogen-bond donors (Lipinski definition) is 3. The van der Waals surface area contributed by atoms with Crippen LogP contribution in [0.25, 0.3) is 0 Å². The van der Waals surface area contributed by atoms with Gasteiger partial charge in [-0.2, -0.15) is 23.5 Å². The average molecular weight is 446 g/mol. The largest absolute Gasteiger partial charge is 0.416 e. The van der Waals surface area contributed by atoms with Crippen molar-refractivity contribution in [2.75, 3.05) is 5.32 Å². The van der Waals surface area contributed by atoms with E-state index < -0.39 is 17.6 Å². The van der Waals surface area contributed by atoms with Crippen LogP contribution in [0.4, 0.5) is 24.7 Å². The van der Waals surface area contributed by atoms with Crippen molar-refractivity contribution in [1.29, 1.82) is 5.26 Å². The standard InChI is InChI=1S/C22H25F3N6O/c23-22(24,25)14-4-6-16(7-5-14)29-21-18(20(27)32)12-31(30-21)19-9-8-17(10-13(19)11-26)28-15-2-1-3-15/h4-7,12-13,15,17,19,28H,1-3,8-10H2,(H2,27,32)(H,29,30)/t13-,17-,19+/m1/s1. The van der Waals surface area contributed by atoms with Gasteiger partial charge in [0.25, 0.3) is 5.91 Å². The van der Waals surface area contributed by atoms with E-state index in [0.717, 1.165) is 25.0 Å². The summed E-state index contributed by atoms with van der Waals surface area (Å²) in [5.41, 5.74) is 5.20. The van der Waals surface area contributed by atoms with Crippen molar-refractivity contribution >= 4 is 17.4 Å². The number of anilines is 2. The molecule has 0 aliphatic heterocycles. The highest BCUT2D eigenvalue weighted by atomic mass is 19.4. The fourth-order valence-electron chi connectivity index (χ4n) is 4.38. The van der Waals surface area contributed by atoms with Gasteiger partial charge in [0.15, 0.2) is 5.82 Å². The molecule has 170 valence electrons. The molecule has 0 radical (unpaired) electrons. The summed E-state index contributed by atoms with van der Waals surface area (Å²) in [6, 6.07) is 7.43. The molecular weight excluding hydrogens is 421 g/mol. The lowest BCUT2D eigenvalue weighted by Crippen LogP contribution is -2.46. The molecule has 4 N–H and O–H groups in total. The maximum absolute atomic E-state index is 12.8. The molecule has 32 heavy (non-hydrogen) atoms. The van der Waals surface area contributed by atoms with E-state index in [1.54, 1.807) is 4.68 Å². The zero-order valence-corrected chi connectivity index (χ0v) is 17.4. The zero-order chi connectivity index (χ0) is 22.9. The Labute approximate surface area is 183 Å². The Hall–Kier alpha value is -3.06. The van der Waals surface area contributed by atoms with E-state index in [2.05, 4.69) is 21.8 Å². The number of rotatable bonds is 6. The van der Waals surface area contributed by atoms with Crippen LogP contribution in [-0.2, 0) is 6.18 Å². The first kappa shape index (κ1) is 22.1. The van der Waals surface area contributed by atoms with Crippen molar-refractivity contribution in [3.63, 3.8) is 0 Å². The lowest BCUT2D eigenvalue weighted by Gasteiger charge is -2.37. The number of carbonyl (C=O) groups is 1. The summed E-state index contributed by atoms with van der Waals surface area (Å²) in [5.74, 6) is -0.830. The van der Waals surface area contributed by atoms with Crippen molar-refractivity contribution in [1.82, 2.24) is 15.1 Å². The van der Waals surface area contributed by atoms with Crippen LogP contribution < -0.4 is 16.4 Å². The van der Waals surface area contributed by atoms with Gasteiger partial charge in [0.2, 0.25) is 0 Å². The van der Waals surface area contributed by atoms with Gasteiger partial charge in [-0.1, -0.05) is 6.42 Å². The Kier molecular flexibility index (Phi) is 6.11. The Bertz CT molecular complexity index is 1010. The van der Waals surface area contributed by atoms with Crippen LogP contribution in [0.2, 0.25) is 0 Å². The molecular formula is C22H25F3N6O. The number of nitrogens with zero attached hydrogens (tertiary/aromatic N) is 3. The first-order valence-electron chi connectivity index (χ1n) is 10.7. The summed E-state index contributed by atoms with van der Waals surface area (Å²) in [7, 11) is 0. The van der Waals surface area contributed by atoms with Crippen molar-refractivity contribution < 1.29 is 18.0 Å². The Morgan fingerprint density at radius 3 is 2.44 bits per heavy atom. The third-order valence-corrected chi connectivity index (χ3v) is 6.37. The van der Waals surface area contributed by atoms with Gasteiger partial charge in [0, 0.05) is 24.0 Å². The number of alkyl halides is 3. The Balaban J connectivity index is 1.51. The molecule has 1 heterocycles. The minimum absolute atomic E-state index is 0.122. The highest BCUT2D eigenvalue weighted by Gasteiger charge is 2.35. The quantitative estimate of drug-likeness (QED) is 0.619. The number of nitriles is 1. The van der Waals surface area contributed by atoms with E-state index in [4.69, 9.17) is 5.73 Å². The Morgan fingerprint density at radius 1 is 1.16 bits per heavy atom. The summed E-state index contributed by atoms with van der Waals surface area (Å²) in [5, 5.41) is 20.7. The molecule has 0 bridgehead atoms. The number of hydrogen-bond acceptors (Lipinski definition) is 5. The summed E-state index contributed by atoms with van der Waals surface area (Å²) in [6.45, 7) is 0. The summed E-state index contributed by atoms with van der Waals surface area (Å²) in [4.78, 5) is 12.0. The van der Waals surface area contributed by atoms with Crippen LogP contribution in [0.3, 0.4) is 0 Å². The van der Waals surface area contributed by atoms with E-state index in [-0.39, 0.29) is 29.4 Å². The third-order valence-electron chi connectivity index (χ3n) is 6.37. The normalized spacial score (nSPS) is 23.9. The molecule has 0 saturated heterocycles. The molecule has 0 unspecified atom stereocenters. The number of halogens is 3. The second kappa shape index (κ2) is 8.82. The van der Waals surface area contributed by atoms with Crippen LogP contribution in [0.1, 0.15) is 60.5 Å². The lowest BCUT2D eigenvalue weighted by molar-refractivity contribution is -0.137. The minimum atomic E-state index is -4.43. The molecule has 4 rings (SSSR count). The Morgan fingerprint density at radius 2 is 1.88 bits per heavy atom. The molecule has 3 atom stereocenters. The molecule has 2 aliphatic rings. The van der Waals surface area contributed by atoms with Crippen LogP contribution in [0.5, 0.6) is 0 Å². The minimum Gasteiger partial charge on any atom is -0.365 e. The molecule has 2 aliphatic carbocycles. The zero-order valence-electron chi connectivity index (χ0n) is 17.4. The fraction of sp³-hybridized carbons (Fsp3) is 0.500. The molecule has 0 spiro atoms. The van der Waals surface area contributed by atoms with E-state index in [0.29, 0.717) is 18.2 Å². The van der Waals surface area contributed by atoms with E-state index in [9.17, 15) is 23.2 Å². The number of primary amides is 1. The molecule has 1 aromatic heterocycles. The van der Waals surface area contributed by atoms with Crippen molar-refractivity contribution in [2.24, 2.45) is 11.7 Å². The molecule has 2 aromatic rings. The average Bonchev–Trinajstić information content (AvgIpc) is 3.14. The highest BCUT2D eigenvalue weighted by molar-refractivity contribution is 5.98. The first-order valence-corrected chi connectivity index (χ1v) is 10.7. The van der Waals surface area contributed by atoms with Crippen LogP contribution in [0.15, 0.2) is 30.5 Å². The van der Waals surface area contributed by atoms with Crippen molar-refractivity contribution in [3.8, 4) is 6.07 Å². The molecule has 1 aromatic carbocycles. The van der Waals surface area contributed by atoms with Gasteiger partial charge in [-0.25, -0.2) is 0 Å². The van der Waals surface area contributed by atoms with Crippen LogP contribution in [0, 0.1) is 17.2 Å². The van der Waals surface area contributed by atoms with Crippen LogP contribution >= 0.6 is 0 Å². The molecule has 2 saturated carbocycles. The van der Waals surface area contributed by atoms with Gasteiger partial charge >= 0.3 is 6.18 Å². The molecule has 1 amide bonds. The number of aromatic nitrogens is 2. The second-order valence-corrected chi connectivity index (χ2v) is 8.54. The van der Waals surface area contributed by atoms with Gasteiger partial charge in [0.1, 0.15) is 5.56 Å². The number of carbonyl (C=O) groups excluding carboxylic acids is 1. The third kappa shape index (κ3) is 4.72. The number of benzene rings is 1. The highest BCUT2D eigenvalue weighted by Crippen LogP contribution is 2.36. The van der Waals surface area contributed by atoms with Gasteiger partial charge < -0.3 is 16.4 Å². The van der Waals surface area contributed by atoms with Gasteiger partial charge in [-0.05, 0) is 56.4 Å². The molecule has 2 fully saturated rings. The lowest BCUT2D eigenvalue weighted by atomic mass is 9.81. The number of nitrogens with one attached hydrogen (secondary N) is 2. The second-order valence-electron chi connectivity index (χ2n) is 8.54. The predicted octanol–water partition coefficient (Wildman–Crippen LogP) is 4.12. The van der Waals surface area contributed by atoms with E-state index in [1.807, 2.05) is 0 Å². The van der Waals surface area contributed by atoms with Crippen LogP contribution in [-0.4, -0.2) is 27.8 Å².